The van der Waals surface area contributed by atoms with Gasteiger partial charge in [0.2, 0.25) is 10.0 Å². The Morgan fingerprint density at radius 1 is 1.33 bits per heavy atom. The van der Waals surface area contributed by atoms with E-state index in [2.05, 4.69) is 0 Å². The minimum absolute atomic E-state index is 0. The summed E-state index contributed by atoms with van der Waals surface area (Å²) in [5.74, 6) is 0.398. The van der Waals surface area contributed by atoms with E-state index in [1.807, 2.05) is 19.9 Å². The molecule has 0 aliphatic carbocycles. The van der Waals surface area contributed by atoms with Crippen molar-refractivity contribution in [2.45, 2.75) is 37.6 Å². The van der Waals surface area contributed by atoms with Gasteiger partial charge in [-0.3, -0.25) is 0 Å². The van der Waals surface area contributed by atoms with Gasteiger partial charge in [-0.25, -0.2) is 8.42 Å². The fourth-order valence-corrected chi connectivity index (χ4v) is 4.62. The second kappa shape index (κ2) is 7.29. The van der Waals surface area contributed by atoms with Crippen LogP contribution in [0.3, 0.4) is 0 Å². The molecule has 0 spiro atoms. The Labute approximate surface area is 138 Å². The Balaban J connectivity index is 0.00000220. The third-order valence-corrected chi connectivity index (χ3v) is 6.33. The molecular formula is C14H22Cl2N2O2S. The number of rotatable bonds is 3. The molecule has 1 unspecified atom stereocenters. The Morgan fingerprint density at radius 2 is 1.90 bits per heavy atom. The minimum atomic E-state index is -3.50. The third-order valence-electron chi connectivity index (χ3n) is 3.95. The number of nitrogens with zero attached hydrogens (tertiary/aromatic N) is 1. The second-order valence-electron chi connectivity index (χ2n) is 5.53. The van der Waals surface area contributed by atoms with Crippen molar-refractivity contribution in [1.29, 1.82) is 0 Å². The van der Waals surface area contributed by atoms with Gasteiger partial charge in [0.1, 0.15) is 4.90 Å². The lowest BCUT2D eigenvalue weighted by Gasteiger charge is -2.33. The van der Waals surface area contributed by atoms with E-state index in [4.69, 9.17) is 17.3 Å². The third kappa shape index (κ3) is 4.11. The summed E-state index contributed by atoms with van der Waals surface area (Å²) in [4.78, 5) is 0.207. The second-order valence-corrected chi connectivity index (χ2v) is 7.85. The topological polar surface area (TPSA) is 63.4 Å². The predicted molar refractivity (Wildman–Crippen MR) is 88.6 cm³/mol. The molecule has 7 heteroatoms. The van der Waals surface area contributed by atoms with Gasteiger partial charge in [-0.2, -0.15) is 4.31 Å². The Kier molecular flexibility index (Phi) is 6.50. The fraction of sp³-hybridized carbons (Fsp3) is 0.571. The first-order chi connectivity index (χ1) is 9.32. The number of hydrogen-bond acceptors (Lipinski definition) is 3. The monoisotopic (exact) mass is 352 g/mol. The van der Waals surface area contributed by atoms with Crippen molar-refractivity contribution in [1.82, 2.24) is 4.31 Å². The molecule has 1 aromatic carbocycles. The lowest BCUT2D eigenvalue weighted by molar-refractivity contribution is 0.250. The summed E-state index contributed by atoms with van der Waals surface area (Å²) < 4.78 is 26.8. The number of nitrogens with two attached hydrogens (primary N) is 1. The normalized spacial score (nSPS) is 19.0. The van der Waals surface area contributed by atoms with Crippen LogP contribution in [0.25, 0.3) is 0 Å². The Morgan fingerprint density at radius 3 is 2.43 bits per heavy atom. The predicted octanol–water partition coefficient (Wildman–Crippen LogP) is 2.82. The maximum absolute atomic E-state index is 12.6. The smallest absolute Gasteiger partial charge is 0.244 e. The van der Waals surface area contributed by atoms with E-state index in [1.54, 1.807) is 12.1 Å². The van der Waals surface area contributed by atoms with E-state index < -0.39 is 10.0 Å². The number of sulfonamides is 1. The molecule has 120 valence electrons. The molecule has 1 saturated heterocycles. The highest BCUT2D eigenvalue weighted by Crippen LogP contribution is 2.29. The van der Waals surface area contributed by atoms with Crippen LogP contribution in [-0.4, -0.2) is 31.9 Å². The van der Waals surface area contributed by atoms with Gasteiger partial charge in [0.25, 0.3) is 0 Å². The number of halogens is 2. The molecule has 1 aliphatic rings. The molecule has 4 nitrogen and oxygen atoms in total. The van der Waals surface area contributed by atoms with Crippen LogP contribution in [0.15, 0.2) is 23.1 Å². The zero-order chi connectivity index (χ0) is 14.9. The highest BCUT2D eigenvalue weighted by molar-refractivity contribution is 7.89. The van der Waals surface area contributed by atoms with E-state index in [0.29, 0.717) is 19.0 Å². The number of piperidine rings is 1. The van der Waals surface area contributed by atoms with Crippen LogP contribution in [0.5, 0.6) is 0 Å². The summed E-state index contributed by atoms with van der Waals surface area (Å²) in [6.07, 6.45) is 1.61. The first kappa shape index (κ1) is 18.7. The van der Waals surface area contributed by atoms with Crippen molar-refractivity contribution in [2.24, 2.45) is 11.7 Å². The zero-order valence-corrected chi connectivity index (χ0v) is 14.6. The molecule has 0 aromatic heterocycles. The lowest BCUT2D eigenvalue weighted by atomic mass is 9.92. The maximum Gasteiger partial charge on any atom is 0.244 e. The standard InChI is InChI=1S/C14H21ClN2O2S.ClH/c1-10-3-4-13(15)14(9-10)20(18,19)17-7-5-12(6-8-17)11(2)16;/h3-4,9,11-12H,5-8,16H2,1-2H3;1H. The fourth-order valence-electron chi connectivity index (χ4n) is 2.59. The summed E-state index contributed by atoms with van der Waals surface area (Å²) in [5.41, 5.74) is 6.78. The van der Waals surface area contributed by atoms with Crippen molar-refractivity contribution >= 4 is 34.0 Å². The SMILES string of the molecule is Cc1ccc(Cl)c(S(=O)(=O)N2CCC(C(C)N)CC2)c1.Cl. The van der Waals surface area contributed by atoms with Crippen LogP contribution in [0.2, 0.25) is 5.02 Å². The van der Waals surface area contributed by atoms with Crippen LogP contribution in [0.4, 0.5) is 0 Å². The van der Waals surface area contributed by atoms with Gasteiger partial charge in [0, 0.05) is 19.1 Å². The summed E-state index contributed by atoms with van der Waals surface area (Å²) in [7, 11) is -3.50. The van der Waals surface area contributed by atoms with E-state index in [-0.39, 0.29) is 28.4 Å². The van der Waals surface area contributed by atoms with Crippen LogP contribution < -0.4 is 5.73 Å². The van der Waals surface area contributed by atoms with E-state index in [1.165, 1.54) is 4.31 Å². The van der Waals surface area contributed by atoms with Gasteiger partial charge in [-0.05, 0) is 50.3 Å². The summed E-state index contributed by atoms with van der Waals surface area (Å²) >= 11 is 6.05. The van der Waals surface area contributed by atoms with Gasteiger partial charge >= 0.3 is 0 Å². The zero-order valence-electron chi connectivity index (χ0n) is 12.3. The highest BCUT2D eigenvalue weighted by Gasteiger charge is 2.31. The van der Waals surface area contributed by atoms with E-state index in [9.17, 15) is 8.42 Å². The molecule has 1 heterocycles. The molecule has 2 N–H and O–H groups in total. The average Bonchev–Trinajstić information content (AvgIpc) is 2.41. The van der Waals surface area contributed by atoms with Gasteiger partial charge < -0.3 is 5.73 Å². The maximum atomic E-state index is 12.6. The van der Waals surface area contributed by atoms with Crippen molar-refractivity contribution in [3.05, 3.63) is 28.8 Å². The Hall–Kier alpha value is -0.330. The molecule has 21 heavy (non-hydrogen) atoms. The van der Waals surface area contributed by atoms with Crippen molar-refractivity contribution in [3.63, 3.8) is 0 Å². The highest BCUT2D eigenvalue weighted by atomic mass is 35.5. The van der Waals surface area contributed by atoms with E-state index >= 15 is 0 Å². The van der Waals surface area contributed by atoms with Crippen LogP contribution >= 0.6 is 24.0 Å². The molecule has 1 aromatic rings. The molecule has 0 bridgehead atoms. The quantitative estimate of drug-likeness (QED) is 0.909. The number of aryl methyl sites for hydroxylation is 1. The molecule has 0 amide bonds. The van der Waals surface area contributed by atoms with E-state index in [0.717, 1.165) is 18.4 Å². The molecule has 1 fully saturated rings. The molecule has 2 rings (SSSR count). The minimum Gasteiger partial charge on any atom is -0.328 e. The summed E-state index contributed by atoms with van der Waals surface area (Å²) in [6.45, 7) is 4.86. The molecular weight excluding hydrogens is 331 g/mol. The number of hydrogen-bond donors (Lipinski definition) is 1. The summed E-state index contributed by atoms with van der Waals surface area (Å²) in [5, 5.41) is 0.282. The van der Waals surface area contributed by atoms with Gasteiger partial charge in [-0.1, -0.05) is 17.7 Å². The van der Waals surface area contributed by atoms with Crippen LogP contribution in [0.1, 0.15) is 25.3 Å². The van der Waals surface area contributed by atoms with Crippen molar-refractivity contribution < 1.29 is 8.42 Å². The van der Waals surface area contributed by atoms with Gasteiger partial charge in [0.05, 0.1) is 5.02 Å². The first-order valence-corrected chi connectivity index (χ1v) is 8.66. The summed E-state index contributed by atoms with van der Waals surface area (Å²) in [6, 6.07) is 5.19. The van der Waals surface area contributed by atoms with Crippen LogP contribution in [-0.2, 0) is 10.0 Å². The Bertz CT molecular complexity index is 583. The van der Waals surface area contributed by atoms with Crippen molar-refractivity contribution in [3.8, 4) is 0 Å². The molecule has 1 atom stereocenters. The largest absolute Gasteiger partial charge is 0.328 e. The van der Waals surface area contributed by atoms with Gasteiger partial charge in [-0.15, -0.1) is 12.4 Å². The first-order valence-electron chi connectivity index (χ1n) is 6.84. The molecule has 0 radical (unpaired) electrons. The van der Waals surface area contributed by atoms with Crippen LogP contribution in [0, 0.1) is 12.8 Å². The lowest BCUT2D eigenvalue weighted by Crippen LogP contribution is -2.42. The molecule has 0 saturated carbocycles. The van der Waals surface area contributed by atoms with Crippen molar-refractivity contribution in [2.75, 3.05) is 13.1 Å². The number of benzene rings is 1. The van der Waals surface area contributed by atoms with Gasteiger partial charge in [0.15, 0.2) is 0 Å². The molecule has 1 aliphatic heterocycles. The average molecular weight is 353 g/mol.